The normalized spacial score (nSPS) is 9.65. The molecule has 0 saturated heterocycles. The minimum absolute atomic E-state index is 0.650. The molecule has 0 radical (unpaired) electrons. The molecule has 0 amide bonds. The van der Waals surface area contributed by atoms with Gasteiger partial charge in [-0.1, -0.05) is 52.8 Å². The molecule has 0 spiro atoms. The molecule has 82 valence electrons. The van der Waals surface area contributed by atoms with E-state index < -0.39 is 0 Å². The molecule has 0 N–H and O–H groups in total. The Morgan fingerprint density at radius 3 is 2.59 bits per heavy atom. The molecule has 17 heavy (non-hydrogen) atoms. The predicted octanol–water partition coefficient (Wildman–Crippen LogP) is 4.38. The Labute approximate surface area is 109 Å². The summed E-state index contributed by atoms with van der Waals surface area (Å²) in [5.41, 5.74) is 3.41. The number of hydrogen-bond acceptors (Lipinski definition) is 1. The first kappa shape index (κ1) is 11.6. The standard InChI is InChI=1S/C15H10BrN/c1-11(12-6-4-7-14(16)9-12)15-8-3-2-5-13(15)10-17/h2-9H,1H2. The van der Waals surface area contributed by atoms with Crippen LogP contribution in [0, 0.1) is 11.3 Å². The first-order valence-electron chi connectivity index (χ1n) is 5.16. The monoisotopic (exact) mass is 283 g/mol. The lowest BCUT2D eigenvalue weighted by Crippen LogP contribution is -1.90. The Kier molecular flexibility index (Phi) is 3.41. The molecule has 2 rings (SSSR count). The molecule has 0 aliphatic heterocycles. The fourth-order valence-corrected chi connectivity index (χ4v) is 2.07. The Balaban J connectivity index is 2.48. The summed E-state index contributed by atoms with van der Waals surface area (Å²) in [6.45, 7) is 4.07. The summed E-state index contributed by atoms with van der Waals surface area (Å²) in [7, 11) is 0. The highest BCUT2D eigenvalue weighted by Gasteiger charge is 2.07. The van der Waals surface area contributed by atoms with Gasteiger partial charge in [0.15, 0.2) is 0 Å². The van der Waals surface area contributed by atoms with Gasteiger partial charge in [0.2, 0.25) is 0 Å². The van der Waals surface area contributed by atoms with Gasteiger partial charge in [-0.2, -0.15) is 5.26 Å². The summed E-state index contributed by atoms with van der Waals surface area (Å²) in [5.74, 6) is 0. The summed E-state index contributed by atoms with van der Waals surface area (Å²) in [6.07, 6.45) is 0. The zero-order valence-corrected chi connectivity index (χ0v) is 10.7. The van der Waals surface area contributed by atoms with Crippen LogP contribution in [0.3, 0.4) is 0 Å². The zero-order valence-electron chi connectivity index (χ0n) is 9.15. The van der Waals surface area contributed by atoms with Gasteiger partial charge in [-0.05, 0) is 34.9 Å². The Morgan fingerprint density at radius 1 is 1.12 bits per heavy atom. The number of nitrogens with zero attached hydrogens (tertiary/aromatic N) is 1. The fourth-order valence-electron chi connectivity index (χ4n) is 1.68. The first-order valence-corrected chi connectivity index (χ1v) is 5.96. The average molecular weight is 284 g/mol. The minimum Gasteiger partial charge on any atom is -0.192 e. The van der Waals surface area contributed by atoms with Crippen LogP contribution in [0.2, 0.25) is 0 Å². The first-order chi connectivity index (χ1) is 8.22. The number of hydrogen-bond donors (Lipinski definition) is 0. The molecule has 0 aromatic heterocycles. The summed E-state index contributed by atoms with van der Waals surface area (Å²) >= 11 is 3.43. The second-order valence-electron chi connectivity index (χ2n) is 3.65. The molecular formula is C15H10BrN. The van der Waals surface area contributed by atoms with Crippen LogP contribution < -0.4 is 0 Å². The van der Waals surface area contributed by atoms with Crippen molar-refractivity contribution in [2.45, 2.75) is 0 Å². The van der Waals surface area contributed by atoms with E-state index in [-0.39, 0.29) is 0 Å². The van der Waals surface area contributed by atoms with Crippen molar-refractivity contribution in [3.8, 4) is 6.07 Å². The third kappa shape index (κ3) is 2.46. The molecule has 0 atom stereocenters. The van der Waals surface area contributed by atoms with Crippen molar-refractivity contribution < 1.29 is 0 Å². The highest BCUT2D eigenvalue weighted by atomic mass is 79.9. The van der Waals surface area contributed by atoms with Crippen molar-refractivity contribution in [1.82, 2.24) is 0 Å². The molecule has 2 aromatic rings. The van der Waals surface area contributed by atoms with Crippen molar-refractivity contribution in [1.29, 1.82) is 5.26 Å². The van der Waals surface area contributed by atoms with Gasteiger partial charge in [0, 0.05) is 4.47 Å². The highest BCUT2D eigenvalue weighted by Crippen LogP contribution is 2.26. The number of nitriles is 1. The molecule has 0 fully saturated rings. The minimum atomic E-state index is 0.650. The second kappa shape index (κ2) is 4.99. The van der Waals surface area contributed by atoms with E-state index >= 15 is 0 Å². The largest absolute Gasteiger partial charge is 0.192 e. The lowest BCUT2D eigenvalue weighted by molar-refractivity contribution is 1.45. The third-order valence-electron chi connectivity index (χ3n) is 2.55. The van der Waals surface area contributed by atoms with E-state index in [4.69, 9.17) is 5.26 Å². The molecule has 0 unspecified atom stereocenters. The topological polar surface area (TPSA) is 23.8 Å². The van der Waals surface area contributed by atoms with E-state index in [1.807, 2.05) is 42.5 Å². The van der Waals surface area contributed by atoms with Crippen molar-refractivity contribution >= 4 is 21.5 Å². The molecule has 0 heterocycles. The quantitative estimate of drug-likeness (QED) is 0.802. The van der Waals surface area contributed by atoms with Crippen molar-refractivity contribution in [2.24, 2.45) is 0 Å². The highest BCUT2D eigenvalue weighted by molar-refractivity contribution is 9.10. The van der Waals surface area contributed by atoms with Crippen LogP contribution in [0.1, 0.15) is 16.7 Å². The summed E-state index contributed by atoms with van der Waals surface area (Å²) in [5, 5.41) is 9.07. The van der Waals surface area contributed by atoms with E-state index in [1.54, 1.807) is 6.07 Å². The molecule has 2 heteroatoms. The van der Waals surface area contributed by atoms with Gasteiger partial charge < -0.3 is 0 Å². The van der Waals surface area contributed by atoms with Crippen LogP contribution in [0.4, 0.5) is 0 Å². The van der Waals surface area contributed by atoms with E-state index in [0.717, 1.165) is 21.2 Å². The number of rotatable bonds is 2. The smallest absolute Gasteiger partial charge is 0.0998 e. The maximum Gasteiger partial charge on any atom is 0.0998 e. The van der Waals surface area contributed by atoms with Crippen LogP contribution in [-0.4, -0.2) is 0 Å². The Bertz CT molecular complexity index is 608. The third-order valence-corrected chi connectivity index (χ3v) is 3.04. The maximum atomic E-state index is 9.07. The summed E-state index contributed by atoms with van der Waals surface area (Å²) in [6, 6.07) is 17.6. The van der Waals surface area contributed by atoms with E-state index in [9.17, 15) is 0 Å². The predicted molar refractivity (Wildman–Crippen MR) is 73.4 cm³/mol. The van der Waals surface area contributed by atoms with Gasteiger partial charge >= 0.3 is 0 Å². The van der Waals surface area contributed by atoms with Crippen LogP contribution in [0.5, 0.6) is 0 Å². The van der Waals surface area contributed by atoms with E-state index in [1.165, 1.54) is 0 Å². The number of benzene rings is 2. The van der Waals surface area contributed by atoms with Crippen molar-refractivity contribution in [3.63, 3.8) is 0 Å². The van der Waals surface area contributed by atoms with E-state index in [2.05, 4.69) is 28.6 Å². The Morgan fingerprint density at radius 2 is 1.88 bits per heavy atom. The molecule has 1 nitrogen and oxygen atoms in total. The SMILES string of the molecule is C=C(c1cccc(Br)c1)c1ccccc1C#N. The van der Waals surface area contributed by atoms with Crippen LogP contribution in [0.25, 0.3) is 5.57 Å². The van der Waals surface area contributed by atoms with Crippen molar-refractivity contribution in [2.75, 3.05) is 0 Å². The van der Waals surface area contributed by atoms with E-state index in [0.29, 0.717) is 5.56 Å². The molecule has 0 bridgehead atoms. The zero-order chi connectivity index (χ0) is 12.3. The molecule has 0 saturated carbocycles. The second-order valence-corrected chi connectivity index (χ2v) is 4.56. The van der Waals surface area contributed by atoms with Crippen molar-refractivity contribution in [3.05, 3.63) is 76.3 Å². The average Bonchev–Trinajstić information content (AvgIpc) is 2.38. The maximum absolute atomic E-state index is 9.07. The van der Waals surface area contributed by atoms with Crippen LogP contribution in [0.15, 0.2) is 59.6 Å². The number of halogens is 1. The molecule has 0 aliphatic carbocycles. The fraction of sp³-hybridized carbons (Fsp3) is 0. The molecule has 0 aliphatic rings. The summed E-state index contributed by atoms with van der Waals surface area (Å²) < 4.78 is 1.01. The molecule has 2 aromatic carbocycles. The lowest BCUT2D eigenvalue weighted by atomic mass is 9.96. The van der Waals surface area contributed by atoms with Gasteiger partial charge in [-0.3, -0.25) is 0 Å². The molecular weight excluding hydrogens is 274 g/mol. The summed E-state index contributed by atoms with van der Waals surface area (Å²) in [4.78, 5) is 0. The van der Waals surface area contributed by atoms with Crippen LogP contribution in [-0.2, 0) is 0 Å². The van der Waals surface area contributed by atoms with Gasteiger partial charge in [0.05, 0.1) is 11.6 Å². The van der Waals surface area contributed by atoms with Gasteiger partial charge in [0.25, 0.3) is 0 Å². The van der Waals surface area contributed by atoms with Crippen LogP contribution >= 0.6 is 15.9 Å². The van der Waals surface area contributed by atoms with Gasteiger partial charge in [-0.25, -0.2) is 0 Å². The van der Waals surface area contributed by atoms with Gasteiger partial charge in [0.1, 0.15) is 0 Å². The lowest BCUT2D eigenvalue weighted by Gasteiger charge is -2.08. The Hall–Kier alpha value is -1.85. The van der Waals surface area contributed by atoms with Gasteiger partial charge in [-0.15, -0.1) is 0 Å².